The van der Waals surface area contributed by atoms with E-state index in [0.29, 0.717) is 55.3 Å². The van der Waals surface area contributed by atoms with E-state index >= 15 is 0 Å². The molecule has 12 nitrogen and oxygen atoms in total. The van der Waals surface area contributed by atoms with E-state index in [9.17, 15) is 36.0 Å². The van der Waals surface area contributed by atoms with Gasteiger partial charge in [0, 0.05) is 24.8 Å². The Morgan fingerprint density at radius 1 is 1.11 bits per heavy atom. The summed E-state index contributed by atoms with van der Waals surface area (Å²) in [4.78, 5) is 57.7. The van der Waals surface area contributed by atoms with Gasteiger partial charge in [0.2, 0.25) is 21.8 Å². The maximum atomic E-state index is 14.7. The minimum Gasteiger partial charge on any atom is -0.459 e. The van der Waals surface area contributed by atoms with E-state index in [1.165, 1.54) is 23.4 Å². The number of aromatic nitrogens is 4. The van der Waals surface area contributed by atoms with Crippen LogP contribution in [0.25, 0.3) is 11.2 Å². The summed E-state index contributed by atoms with van der Waals surface area (Å²) in [7, 11) is -3.97. The number of imidazole rings is 1. The first-order valence-corrected chi connectivity index (χ1v) is 20.6. The molecule has 0 bridgehead atoms. The number of nitrogens with zero attached hydrogens (tertiary/aromatic N) is 5. The summed E-state index contributed by atoms with van der Waals surface area (Å²) in [6.45, 7) is 5.52. The van der Waals surface area contributed by atoms with Gasteiger partial charge in [0.15, 0.2) is 11.4 Å². The van der Waals surface area contributed by atoms with Crippen molar-refractivity contribution in [3.05, 3.63) is 60.1 Å². The average Bonchev–Trinajstić information content (AvgIpc) is 3.95. The number of hydrogen-bond donors (Lipinski definition) is 1. The number of rotatable bonds is 8. The molecule has 5 atom stereocenters. The van der Waals surface area contributed by atoms with E-state index in [2.05, 4.69) is 19.7 Å². The van der Waals surface area contributed by atoms with Crippen LogP contribution in [0.2, 0.25) is 0 Å². The Balaban J connectivity index is 1.21. The summed E-state index contributed by atoms with van der Waals surface area (Å²) in [5.74, 6) is -2.40. The van der Waals surface area contributed by atoms with Gasteiger partial charge in [-0.2, -0.15) is 18.2 Å². The van der Waals surface area contributed by atoms with Crippen molar-refractivity contribution in [2.75, 3.05) is 6.54 Å². The third-order valence-corrected chi connectivity index (χ3v) is 14.0. The molecule has 2 aliphatic heterocycles. The summed E-state index contributed by atoms with van der Waals surface area (Å²) in [5.41, 5.74) is -0.428. The average molecular weight is 785 g/mol. The number of halogens is 3. The molecular weight excluding hydrogens is 738 g/mol. The van der Waals surface area contributed by atoms with Crippen molar-refractivity contribution in [1.29, 1.82) is 0 Å². The number of carbonyl (C=O) groups is 3. The number of ether oxygens (including phenoxy) is 1. The van der Waals surface area contributed by atoms with E-state index in [1.54, 1.807) is 13.1 Å². The normalized spacial score (nSPS) is 27.9. The Kier molecular flexibility index (Phi) is 10.3. The highest BCUT2D eigenvalue weighted by Gasteiger charge is 2.62. The number of alkyl halides is 3. The highest BCUT2D eigenvalue weighted by molar-refractivity contribution is 7.91. The van der Waals surface area contributed by atoms with E-state index in [4.69, 9.17) is 4.74 Å². The second kappa shape index (κ2) is 14.6. The van der Waals surface area contributed by atoms with Crippen molar-refractivity contribution in [3.8, 4) is 6.01 Å². The number of amides is 2. The largest absolute Gasteiger partial charge is 0.459 e. The van der Waals surface area contributed by atoms with Crippen molar-refractivity contribution in [2.45, 2.75) is 121 Å². The van der Waals surface area contributed by atoms with Crippen LogP contribution in [-0.2, 0) is 37.0 Å². The van der Waals surface area contributed by atoms with E-state index in [1.807, 2.05) is 30.6 Å². The van der Waals surface area contributed by atoms with Crippen molar-refractivity contribution in [3.63, 3.8) is 0 Å². The van der Waals surface area contributed by atoms with Crippen LogP contribution in [0.1, 0.15) is 102 Å². The fraction of sp³-hybridized carbons (Fsp3) is 0.590. The van der Waals surface area contributed by atoms with Crippen LogP contribution in [0.5, 0.6) is 6.01 Å². The molecule has 0 radical (unpaired) electrons. The van der Waals surface area contributed by atoms with Gasteiger partial charge in [0.1, 0.15) is 17.9 Å². The summed E-state index contributed by atoms with van der Waals surface area (Å²) < 4.78 is 76.0. The van der Waals surface area contributed by atoms with Gasteiger partial charge >= 0.3 is 6.18 Å². The maximum Gasteiger partial charge on any atom is 0.416 e. The minimum absolute atomic E-state index is 0.0288. The molecule has 1 aromatic carbocycles. The predicted molar refractivity (Wildman–Crippen MR) is 196 cm³/mol. The van der Waals surface area contributed by atoms with Crippen LogP contribution in [0.15, 0.2) is 48.9 Å². The zero-order valence-corrected chi connectivity index (χ0v) is 32.0. The number of carbonyl (C=O) groups excluding carboxylic acids is 3. The Hall–Kier alpha value is -4.34. The molecule has 16 heteroatoms. The van der Waals surface area contributed by atoms with Gasteiger partial charge < -0.3 is 9.64 Å². The van der Waals surface area contributed by atoms with Gasteiger partial charge in [0.25, 0.3) is 6.01 Å². The number of nitrogens with one attached hydrogen (secondary N) is 1. The molecule has 3 fully saturated rings. The van der Waals surface area contributed by atoms with Gasteiger partial charge in [-0.3, -0.25) is 23.7 Å². The molecule has 55 heavy (non-hydrogen) atoms. The van der Waals surface area contributed by atoms with E-state index < -0.39 is 55.9 Å². The Labute approximate surface area is 318 Å². The lowest BCUT2D eigenvalue weighted by Crippen LogP contribution is -2.47. The highest BCUT2D eigenvalue weighted by atomic mass is 32.2. The molecule has 2 amide bonds. The number of sulfonamides is 1. The molecule has 3 aromatic rings. The molecule has 4 aliphatic rings. The zero-order valence-electron chi connectivity index (χ0n) is 31.2. The minimum atomic E-state index is -4.50. The van der Waals surface area contributed by atoms with Gasteiger partial charge in [-0.05, 0) is 89.3 Å². The Morgan fingerprint density at radius 2 is 1.85 bits per heavy atom. The second-order valence-corrected chi connectivity index (χ2v) is 18.4. The molecule has 296 valence electrons. The number of ketones is 1. The molecule has 2 aliphatic carbocycles. The molecule has 0 unspecified atom stereocenters. The lowest BCUT2D eigenvalue weighted by Gasteiger charge is -2.29. The monoisotopic (exact) mass is 784 g/mol. The van der Waals surface area contributed by atoms with Crippen LogP contribution >= 0.6 is 0 Å². The van der Waals surface area contributed by atoms with Crippen LogP contribution in [-0.4, -0.2) is 73.9 Å². The van der Waals surface area contributed by atoms with Gasteiger partial charge in [0.05, 0.1) is 34.5 Å². The topological polar surface area (TPSA) is 153 Å². The predicted octanol–water partition coefficient (Wildman–Crippen LogP) is 6.12. The smallest absolute Gasteiger partial charge is 0.416 e. The van der Waals surface area contributed by atoms with E-state index in [-0.39, 0.29) is 55.5 Å². The third-order valence-electron chi connectivity index (χ3n) is 11.8. The van der Waals surface area contributed by atoms with E-state index in [0.717, 1.165) is 25.0 Å². The molecule has 2 saturated carbocycles. The standard InChI is InChI=1S/C39H47F3N6O6S/c1-24(2)48-33-30(21-43-23-44-33)45-36(48)54-29-18-31-32(49)20-38(35(51)46-55(52,53)37(3)15-16-37)19-28(38)10-8-6-4-5-7-9-26(34(50)47(31)22-29)17-25-11-13-27(14-12-25)39(40,41)42/h8,10-14,21,23-24,26,28-29,31H,4-7,9,15-20,22H2,1-3H3,(H,46,51)/b10-8-/t26-,28-,29-,31+,38-/m1/s1. The fourth-order valence-corrected chi connectivity index (χ4v) is 9.39. The van der Waals surface area contributed by atoms with Crippen LogP contribution < -0.4 is 9.46 Å². The number of fused-ring (bicyclic) bond motifs is 3. The first kappa shape index (κ1) is 38.9. The quantitative estimate of drug-likeness (QED) is 0.267. The van der Waals surface area contributed by atoms with Crippen molar-refractivity contribution in [1.82, 2.24) is 29.1 Å². The molecule has 7 rings (SSSR count). The summed E-state index contributed by atoms with van der Waals surface area (Å²) >= 11 is 0. The lowest BCUT2D eigenvalue weighted by atomic mass is 9.90. The molecular formula is C39H47F3N6O6S. The first-order chi connectivity index (χ1) is 26.0. The second-order valence-electron chi connectivity index (χ2n) is 16.2. The Morgan fingerprint density at radius 3 is 2.55 bits per heavy atom. The van der Waals surface area contributed by atoms with Crippen molar-refractivity contribution in [2.24, 2.45) is 17.3 Å². The summed E-state index contributed by atoms with van der Waals surface area (Å²) in [6, 6.07) is 3.95. The SMILES string of the molecule is CC(C)n1c(O[C@@H]2C[C@H]3C(=O)C[C@]4(C(=O)NS(=O)(=O)C5(C)CC5)C[C@H]4/C=C\CCCCC[C@H](Cc4ccc(C(F)(F)F)cc4)C(=O)N3C2)nc2cncnc21. The molecule has 0 spiro atoms. The van der Waals surface area contributed by atoms with Crippen molar-refractivity contribution >= 4 is 38.8 Å². The highest BCUT2D eigenvalue weighted by Crippen LogP contribution is 2.57. The van der Waals surface area contributed by atoms with Gasteiger partial charge in [-0.15, -0.1) is 0 Å². The number of benzene rings is 1. The van der Waals surface area contributed by atoms with Crippen LogP contribution in [0.3, 0.4) is 0 Å². The first-order valence-electron chi connectivity index (χ1n) is 19.1. The fourth-order valence-electron chi connectivity index (χ4n) is 8.06. The van der Waals surface area contributed by atoms with Gasteiger partial charge in [-0.1, -0.05) is 37.1 Å². The zero-order chi connectivity index (χ0) is 39.3. The number of Topliss-reactive ketones (excluding diaryl/α,β-unsaturated/α-hetero) is 1. The number of hydrogen-bond acceptors (Lipinski definition) is 9. The summed E-state index contributed by atoms with van der Waals surface area (Å²) in [6.07, 6.45) is 6.30. The lowest BCUT2D eigenvalue weighted by molar-refractivity contribution is -0.142. The molecule has 2 aromatic heterocycles. The third kappa shape index (κ3) is 7.88. The Bertz CT molecular complexity index is 2100. The molecule has 1 saturated heterocycles. The summed E-state index contributed by atoms with van der Waals surface area (Å²) in [5, 5.41) is 0. The van der Waals surface area contributed by atoms with Crippen molar-refractivity contribution < 1.29 is 40.7 Å². The van der Waals surface area contributed by atoms with Crippen LogP contribution in [0, 0.1) is 17.3 Å². The van der Waals surface area contributed by atoms with Gasteiger partial charge in [-0.25, -0.2) is 18.4 Å². The van der Waals surface area contributed by atoms with Crippen LogP contribution in [0.4, 0.5) is 13.2 Å². The molecule has 1 N–H and O–H groups in total. The molecule has 4 heterocycles. The number of allylic oxidation sites excluding steroid dienone is 2. The maximum absolute atomic E-state index is 14.7.